The number of nitrogens with zero attached hydrogens (tertiary/aromatic N) is 3. The normalized spacial score (nSPS) is 14.6. The van der Waals surface area contributed by atoms with Crippen molar-refractivity contribution >= 4 is 23.3 Å². The second-order valence-electron chi connectivity index (χ2n) is 7.39. The van der Waals surface area contributed by atoms with E-state index in [2.05, 4.69) is 50.5 Å². The van der Waals surface area contributed by atoms with E-state index in [1.165, 1.54) is 5.56 Å². The van der Waals surface area contributed by atoms with Crippen LogP contribution in [0.2, 0.25) is 0 Å². The highest BCUT2D eigenvalue weighted by molar-refractivity contribution is 5.88. The van der Waals surface area contributed by atoms with E-state index >= 15 is 0 Å². The highest BCUT2D eigenvalue weighted by Crippen LogP contribution is 2.26. The summed E-state index contributed by atoms with van der Waals surface area (Å²) in [5.41, 5.74) is 2.46. The lowest BCUT2D eigenvalue weighted by Crippen LogP contribution is -2.34. The fourth-order valence-electron chi connectivity index (χ4n) is 3.75. The topological polar surface area (TPSA) is 78.4 Å². The molecule has 0 atom stereocenters. The van der Waals surface area contributed by atoms with E-state index in [0.717, 1.165) is 43.9 Å². The minimum atomic E-state index is -0.934. The molecular formula is C23H24N4O2. The minimum absolute atomic E-state index is 0.261. The molecule has 2 N–H and O–H groups in total. The summed E-state index contributed by atoms with van der Waals surface area (Å²) >= 11 is 0. The zero-order valence-electron chi connectivity index (χ0n) is 16.2. The van der Waals surface area contributed by atoms with Crippen LogP contribution >= 0.6 is 0 Å². The number of carboxylic acid groups (broad SMARTS) is 1. The molecule has 1 fully saturated rings. The molecule has 0 radical (unpaired) electrons. The predicted octanol–water partition coefficient (Wildman–Crippen LogP) is 4.38. The van der Waals surface area contributed by atoms with E-state index in [1.54, 1.807) is 30.6 Å². The quantitative estimate of drug-likeness (QED) is 0.653. The second-order valence-corrected chi connectivity index (χ2v) is 7.39. The molecule has 148 valence electrons. The first-order valence-corrected chi connectivity index (χ1v) is 9.89. The molecule has 0 aliphatic carbocycles. The van der Waals surface area contributed by atoms with Gasteiger partial charge in [0.05, 0.1) is 5.56 Å². The Labute approximate surface area is 170 Å². The lowest BCUT2D eigenvalue weighted by Gasteiger charge is -2.33. The molecule has 1 aliphatic heterocycles. The second kappa shape index (κ2) is 8.73. The Morgan fingerprint density at radius 1 is 1.03 bits per heavy atom. The number of carbonyl (C=O) groups is 1. The van der Waals surface area contributed by atoms with Crippen molar-refractivity contribution in [2.24, 2.45) is 5.92 Å². The Balaban J connectivity index is 1.36. The molecule has 2 heterocycles. The molecule has 0 bridgehead atoms. The molecular weight excluding hydrogens is 364 g/mol. The number of aromatic nitrogens is 2. The molecule has 0 saturated carbocycles. The third kappa shape index (κ3) is 4.90. The molecule has 0 unspecified atom stereocenters. The van der Waals surface area contributed by atoms with Gasteiger partial charge in [0.1, 0.15) is 18.0 Å². The van der Waals surface area contributed by atoms with Crippen LogP contribution in [0, 0.1) is 5.92 Å². The molecule has 2 aromatic carbocycles. The minimum Gasteiger partial charge on any atom is -0.478 e. The fourth-order valence-corrected chi connectivity index (χ4v) is 3.75. The summed E-state index contributed by atoms with van der Waals surface area (Å²) in [5.74, 6) is 1.39. The zero-order chi connectivity index (χ0) is 20.1. The Hall–Kier alpha value is -3.41. The summed E-state index contributed by atoms with van der Waals surface area (Å²) in [6.45, 7) is 1.97. The van der Waals surface area contributed by atoms with Crippen LogP contribution in [-0.2, 0) is 6.42 Å². The van der Waals surface area contributed by atoms with Crippen LogP contribution in [0.1, 0.15) is 28.8 Å². The van der Waals surface area contributed by atoms with Crippen LogP contribution in [0.25, 0.3) is 0 Å². The van der Waals surface area contributed by atoms with Crippen molar-refractivity contribution in [3.05, 3.63) is 78.1 Å². The fraction of sp³-hybridized carbons (Fsp3) is 0.261. The molecule has 29 heavy (non-hydrogen) atoms. The molecule has 0 amide bonds. The summed E-state index contributed by atoms with van der Waals surface area (Å²) in [6.07, 6.45) is 5.01. The van der Waals surface area contributed by atoms with Gasteiger partial charge < -0.3 is 15.3 Å². The first-order chi connectivity index (χ1) is 14.2. The van der Waals surface area contributed by atoms with Crippen molar-refractivity contribution in [3.8, 4) is 0 Å². The molecule has 4 rings (SSSR count). The van der Waals surface area contributed by atoms with Gasteiger partial charge in [-0.25, -0.2) is 14.8 Å². The smallest absolute Gasteiger partial charge is 0.335 e. The van der Waals surface area contributed by atoms with Crippen molar-refractivity contribution in [3.63, 3.8) is 0 Å². The van der Waals surface area contributed by atoms with Crippen LogP contribution in [0.4, 0.5) is 17.3 Å². The van der Waals surface area contributed by atoms with Crippen molar-refractivity contribution in [2.45, 2.75) is 19.3 Å². The molecule has 0 spiro atoms. The first kappa shape index (κ1) is 18.9. The van der Waals surface area contributed by atoms with Gasteiger partial charge in [-0.2, -0.15) is 0 Å². The van der Waals surface area contributed by atoms with E-state index in [1.807, 2.05) is 6.07 Å². The summed E-state index contributed by atoms with van der Waals surface area (Å²) in [5, 5.41) is 12.2. The summed E-state index contributed by atoms with van der Waals surface area (Å²) < 4.78 is 0. The Kier molecular flexibility index (Phi) is 5.70. The number of rotatable bonds is 6. The molecule has 1 aromatic heterocycles. The highest BCUT2D eigenvalue weighted by Gasteiger charge is 2.20. The lowest BCUT2D eigenvalue weighted by atomic mass is 9.90. The Morgan fingerprint density at radius 3 is 2.45 bits per heavy atom. The van der Waals surface area contributed by atoms with Crippen molar-refractivity contribution in [2.75, 3.05) is 23.3 Å². The number of piperidine rings is 1. The molecule has 6 heteroatoms. The van der Waals surface area contributed by atoms with Gasteiger partial charge in [0.2, 0.25) is 0 Å². The number of nitrogens with one attached hydrogen (secondary N) is 1. The Bertz CT molecular complexity index is 952. The van der Waals surface area contributed by atoms with Crippen LogP contribution in [0.5, 0.6) is 0 Å². The van der Waals surface area contributed by atoms with Crippen LogP contribution in [0.3, 0.4) is 0 Å². The third-order valence-corrected chi connectivity index (χ3v) is 5.36. The maximum Gasteiger partial charge on any atom is 0.335 e. The number of carboxylic acids is 1. The van der Waals surface area contributed by atoms with Gasteiger partial charge in [0.15, 0.2) is 0 Å². The van der Waals surface area contributed by atoms with Crippen LogP contribution in [0.15, 0.2) is 67.0 Å². The van der Waals surface area contributed by atoms with E-state index < -0.39 is 5.97 Å². The first-order valence-electron chi connectivity index (χ1n) is 9.89. The van der Waals surface area contributed by atoms with Crippen molar-refractivity contribution in [1.29, 1.82) is 0 Å². The number of aromatic carboxylic acids is 1. The largest absolute Gasteiger partial charge is 0.478 e. The maximum absolute atomic E-state index is 11.0. The third-order valence-electron chi connectivity index (χ3n) is 5.36. The van der Waals surface area contributed by atoms with Crippen molar-refractivity contribution < 1.29 is 9.90 Å². The van der Waals surface area contributed by atoms with Gasteiger partial charge >= 0.3 is 5.97 Å². The van der Waals surface area contributed by atoms with Gasteiger partial charge in [-0.15, -0.1) is 0 Å². The molecule has 3 aromatic rings. The van der Waals surface area contributed by atoms with E-state index in [9.17, 15) is 4.79 Å². The number of benzene rings is 2. The van der Waals surface area contributed by atoms with E-state index in [0.29, 0.717) is 11.7 Å². The number of anilines is 3. The SMILES string of the molecule is O=C(O)c1ccc(Nc2cc(N3CCC(Cc4ccccc4)CC3)ncn2)cc1. The van der Waals surface area contributed by atoms with E-state index in [-0.39, 0.29) is 5.56 Å². The van der Waals surface area contributed by atoms with E-state index in [4.69, 9.17) is 5.11 Å². The van der Waals surface area contributed by atoms with Crippen LogP contribution < -0.4 is 10.2 Å². The lowest BCUT2D eigenvalue weighted by molar-refractivity contribution is 0.0697. The average Bonchev–Trinajstić information content (AvgIpc) is 2.76. The standard InChI is InChI=1S/C23H24N4O2/c28-23(29)19-6-8-20(9-7-19)26-21-15-22(25-16-24-21)27-12-10-18(11-13-27)14-17-4-2-1-3-5-17/h1-9,15-16,18H,10-14H2,(H,28,29)(H,24,25,26). The number of hydrogen-bond acceptors (Lipinski definition) is 5. The highest BCUT2D eigenvalue weighted by atomic mass is 16.4. The molecule has 6 nitrogen and oxygen atoms in total. The molecule has 1 aliphatic rings. The number of hydrogen-bond donors (Lipinski definition) is 2. The zero-order valence-corrected chi connectivity index (χ0v) is 16.2. The molecule has 1 saturated heterocycles. The monoisotopic (exact) mass is 388 g/mol. The van der Waals surface area contributed by atoms with Gasteiger partial charge in [-0.3, -0.25) is 0 Å². The summed E-state index contributed by atoms with van der Waals surface area (Å²) in [6, 6.07) is 19.3. The summed E-state index contributed by atoms with van der Waals surface area (Å²) in [7, 11) is 0. The van der Waals surface area contributed by atoms with Crippen molar-refractivity contribution in [1.82, 2.24) is 9.97 Å². The van der Waals surface area contributed by atoms with Gasteiger partial charge in [-0.1, -0.05) is 30.3 Å². The van der Waals surface area contributed by atoms with Gasteiger partial charge in [-0.05, 0) is 55.0 Å². The Morgan fingerprint density at radius 2 is 1.76 bits per heavy atom. The summed E-state index contributed by atoms with van der Waals surface area (Å²) in [4.78, 5) is 22.0. The predicted molar refractivity (Wildman–Crippen MR) is 114 cm³/mol. The van der Waals surface area contributed by atoms with Gasteiger partial charge in [0.25, 0.3) is 0 Å². The average molecular weight is 388 g/mol. The van der Waals surface area contributed by atoms with Gasteiger partial charge in [0, 0.05) is 24.8 Å². The maximum atomic E-state index is 11.0. The van der Waals surface area contributed by atoms with Crippen LogP contribution in [-0.4, -0.2) is 34.1 Å².